The van der Waals surface area contributed by atoms with E-state index in [2.05, 4.69) is 10.3 Å². The number of pyridine rings is 1. The van der Waals surface area contributed by atoms with Crippen LogP contribution in [0.4, 0.5) is 11.4 Å². The van der Waals surface area contributed by atoms with E-state index in [1.807, 2.05) is 37.3 Å². The molecule has 0 spiro atoms. The smallest absolute Gasteiger partial charge is 0.276 e. The predicted molar refractivity (Wildman–Crippen MR) is 109 cm³/mol. The maximum atomic E-state index is 12.9. The van der Waals surface area contributed by atoms with E-state index in [0.29, 0.717) is 18.0 Å². The molecule has 142 valence electrons. The SMILES string of the molecule is CCN(C(=O)c1cccc(C(=O)Nc2cccc(OC)c2)n1)c1ccccc1. The van der Waals surface area contributed by atoms with Gasteiger partial charge in [0.25, 0.3) is 11.8 Å². The molecule has 28 heavy (non-hydrogen) atoms. The molecule has 0 fully saturated rings. The largest absolute Gasteiger partial charge is 0.497 e. The number of aromatic nitrogens is 1. The first-order valence-electron chi connectivity index (χ1n) is 8.91. The van der Waals surface area contributed by atoms with Crippen molar-refractivity contribution in [1.82, 2.24) is 4.98 Å². The van der Waals surface area contributed by atoms with Gasteiger partial charge in [0.2, 0.25) is 0 Å². The van der Waals surface area contributed by atoms with Crippen molar-refractivity contribution in [2.45, 2.75) is 6.92 Å². The Labute approximate surface area is 163 Å². The average molecular weight is 375 g/mol. The van der Waals surface area contributed by atoms with Crippen LogP contribution in [0.15, 0.2) is 72.8 Å². The molecule has 6 nitrogen and oxygen atoms in total. The fraction of sp³-hybridized carbons (Fsp3) is 0.136. The molecule has 1 aromatic heterocycles. The number of rotatable bonds is 6. The number of amides is 2. The molecule has 0 radical (unpaired) electrons. The van der Waals surface area contributed by atoms with Crippen molar-refractivity contribution in [3.8, 4) is 5.75 Å². The maximum absolute atomic E-state index is 12.9. The van der Waals surface area contributed by atoms with Gasteiger partial charge in [0.15, 0.2) is 0 Å². The number of methoxy groups -OCH3 is 1. The van der Waals surface area contributed by atoms with Gasteiger partial charge in [-0.15, -0.1) is 0 Å². The van der Waals surface area contributed by atoms with E-state index in [-0.39, 0.29) is 17.3 Å². The third-order valence-electron chi connectivity index (χ3n) is 4.16. The lowest BCUT2D eigenvalue weighted by Crippen LogP contribution is -2.31. The number of para-hydroxylation sites is 1. The van der Waals surface area contributed by atoms with Crippen LogP contribution in [0.25, 0.3) is 0 Å². The van der Waals surface area contributed by atoms with Crippen LogP contribution in [0.2, 0.25) is 0 Å². The summed E-state index contributed by atoms with van der Waals surface area (Å²) in [5, 5.41) is 2.77. The van der Waals surface area contributed by atoms with Crippen molar-refractivity contribution in [2.75, 3.05) is 23.9 Å². The van der Waals surface area contributed by atoms with E-state index in [1.165, 1.54) is 0 Å². The van der Waals surface area contributed by atoms with Crippen molar-refractivity contribution in [3.05, 3.63) is 84.2 Å². The molecule has 1 N–H and O–H groups in total. The quantitative estimate of drug-likeness (QED) is 0.707. The van der Waals surface area contributed by atoms with Gasteiger partial charge in [-0.05, 0) is 43.3 Å². The van der Waals surface area contributed by atoms with Gasteiger partial charge in [0.1, 0.15) is 17.1 Å². The molecule has 0 aliphatic rings. The zero-order valence-electron chi connectivity index (χ0n) is 15.8. The van der Waals surface area contributed by atoms with Crippen LogP contribution in [0, 0.1) is 0 Å². The van der Waals surface area contributed by atoms with Crippen molar-refractivity contribution in [1.29, 1.82) is 0 Å². The van der Waals surface area contributed by atoms with Gasteiger partial charge in [-0.25, -0.2) is 4.98 Å². The van der Waals surface area contributed by atoms with Crippen LogP contribution in [0.3, 0.4) is 0 Å². The molecule has 0 atom stereocenters. The summed E-state index contributed by atoms with van der Waals surface area (Å²) in [7, 11) is 1.56. The monoisotopic (exact) mass is 375 g/mol. The van der Waals surface area contributed by atoms with Crippen LogP contribution in [-0.4, -0.2) is 30.5 Å². The third-order valence-corrected chi connectivity index (χ3v) is 4.16. The van der Waals surface area contributed by atoms with Crippen LogP contribution in [0.1, 0.15) is 27.9 Å². The van der Waals surface area contributed by atoms with Crippen molar-refractivity contribution < 1.29 is 14.3 Å². The molecule has 0 aliphatic heterocycles. The average Bonchev–Trinajstić information content (AvgIpc) is 2.75. The number of ether oxygens (including phenoxy) is 1. The first kappa shape index (κ1) is 19.1. The molecule has 1 heterocycles. The highest BCUT2D eigenvalue weighted by Crippen LogP contribution is 2.18. The van der Waals surface area contributed by atoms with Gasteiger partial charge in [-0.2, -0.15) is 0 Å². The van der Waals surface area contributed by atoms with Gasteiger partial charge in [-0.3, -0.25) is 9.59 Å². The molecular weight excluding hydrogens is 354 g/mol. The normalized spacial score (nSPS) is 10.2. The number of carbonyl (C=O) groups excluding carboxylic acids is 2. The zero-order chi connectivity index (χ0) is 19.9. The Bertz CT molecular complexity index is 974. The van der Waals surface area contributed by atoms with Crippen LogP contribution < -0.4 is 15.0 Å². The lowest BCUT2D eigenvalue weighted by molar-refractivity contribution is 0.0983. The highest BCUT2D eigenvalue weighted by atomic mass is 16.5. The predicted octanol–water partition coefficient (Wildman–Crippen LogP) is 4.01. The number of benzene rings is 2. The minimum Gasteiger partial charge on any atom is -0.497 e. The Morgan fingerprint density at radius 2 is 1.68 bits per heavy atom. The van der Waals surface area contributed by atoms with Crippen molar-refractivity contribution >= 4 is 23.2 Å². The van der Waals surface area contributed by atoms with Crippen LogP contribution in [-0.2, 0) is 0 Å². The Kier molecular flexibility index (Phi) is 6.01. The molecule has 6 heteroatoms. The number of anilines is 2. The second kappa shape index (κ2) is 8.81. The molecule has 2 aromatic carbocycles. The van der Waals surface area contributed by atoms with Crippen molar-refractivity contribution in [3.63, 3.8) is 0 Å². The highest BCUT2D eigenvalue weighted by molar-refractivity contribution is 6.07. The molecule has 0 aliphatic carbocycles. The minimum absolute atomic E-state index is 0.165. The summed E-state index contributed by atoms with van der Waals surface area (Å²) in [6.45, 7) is 2.38. The number of nitrogens with zero attached hydrogens (tertiary/aromatic N) is 2. The minimum atomic E-state index is -0.398. The molecular formula is C22H21N3O3. The van der Waals surface area contributed by atoms with Gasteiger partial charge in [0, 0.05) is 24.0 Å². The number of carbonyl (C=O) groups is 2. The summed E-state index contributed by atoms with van der Waals surface area (Å²) in [6, 6.07) is 21.2. The third kappa shape index (κ3) is 4.35. The summed E-state index contributed by atoms with van der Waals surface area (Å²) >= 11 is 0. The van der Waals surface area contributed by atoms with Gasteiger partial charge >= 0.3 is 0 Å². The van der Waals surface area contributed by atoms with Gasteiger partial charge in [-0.1, -0.05) is 30.3 Å². The Morgan fingerprint density at radius 3 is 2.39 bits per heavy atom. The molecule has 2 amide bonds. The second-order valence-corrected chi connectivity index (χ2v) is 5.98. The van der Waals surface area contributed by atoms with E-state index in [9.17, 15) is 9.59 Å². The first-order valence-corrected chi connectivity index (χ1v) is 8.91. The van der Waals surface area contributed by atoms with Gasteiger partial charge < -0.3 is 15.0 Å². The number of hydrogen-bond acceptors (Lipinski definition) is 4. The standard InChI is InChI=1S/C22H21N3O3/c1-3-25(17-10-5-4-6-11-17)22(27)20-14-8-13-19(24-20)21(26)23-16-9-7-12-18(15-16)28-2/h4-15H,3H2,1-2H3,(H,23,26). The van der Waals surface area contributed by atoms with E-state index < -0.39 is 5.91 Å². The first-order chi connectivity index (χ1) is 13.6. The molecule has 3 aromatic rings. The lowest BCUT2D eigenvalue weighted by Gasteiger charge is -2.20. The summed E-state index contributed by atoms with van der Waals surface area (Å²) in [5.74, 6) is -0.0217. The highest BCUT2D eigenvalue weighted by Gasteiger charge is 2.19. The molecule has 0 saturated carbocycles. The fourth-order valence-corrected chi connectivity index (χ4v) is 2.77. The summed E-state index contributed by atoms with van der Waals surface area (Å²) in [5.41, 5.74) is 1.74. The summed E-state index contributed by atoms with van der Waals surface area (Å²) < 4.78 is 5.16. The molecule has 0 bridgehead atoms. The maximum Gasteiger partial charge on any atom is 0.276 e. The summed E-state index contributed by atoms with van der Waals surface area (Å²) in [6.07, 6.45) is 0. The van der Waals surface area contributed by atoms with Crippen LogP contribution in [0.5, 0.6) is 5.75 Å². The van der Waals surface area contributed by atoms with Crippen molar-refractivity contribution in [2.24, 2.45) is 0 Å². The van der Waals surface area contributed by atoms with E-state index in [1.54, 1.807) is 54.5 Å². The molecule has 0 saturated heterocycles. The molecule has 3 rings (SSSR count). The van der Waals surface area contributed by atoms with E-state index in [4.69, 9.17) is 4.74 Å². The van der Waals surface area contributed by atoms with Crippen LogP contribution >= 0.6 is 0 Å². The van der Waals surface area contributed by atoms with E-state index in [0.717, 1.165) is 5.69 Å². The lowest BCUT2D eigenvalue weighted by atomic mass is 10.2. The van der Waals surface area contributed by atoms with Gasteiger partial charge in [0.05, 0.1) is 7.11 Å². The molecule has 0 unspecified atom stereocenters. The topological polar surface area (TPSA) is 71.5 Å². The van der Waals surface area contributed by atoms with E-state index >= 15 is 0 Å². The number of nitrogens with one attached hydrogen (secondary N) is 1. The Balaban J connectivity index is 1.81. The second-order valence-electron chi connectivity index (χ2n) is 5.98. The number of hydrogen-bond donors (Lipinski definition) is 1. The fourth-order valence-electron chi connectivity index (χ4n) is 2.77. The summed E-state index contributed by atoms with van der Waals surface area (Å²) in [4.78, 5) is 31.4. The Morgan fingerprint density at radius 1 is 0.964 bits per heavy atom. The zero-order valence-corrected chi connectivity index (χ0v) is 15.8. The Hall–Kier alpha value is -3.67.